The standard InChI is InChI=1S/C20H24N4O2/c1-14-18(20(26)22-11-16-7-4-3-5-8-16)12-21-19(23-14)17-9-6-10-24(13-17)15(2)25/h3-5,7-8,12,17H,6,9-11,13H2,1-2H3,(H,22,26)/t17-/m1/s1. The number of rotatable bonds is 4. The van der Waals surface area contributed by atoms with E-state index in [-0.39, 0.29) is 17.7 Å². The Kier molecular flexibility index (Phi) is 5.61. The van der Waals surface area contributed by atoms with Crippen molar-refractivity contribution in [2.24, 2.45) is 0 Å². The van der Waals surface area contributed by atoms with Crippen molar-refractivity contribution in [3.63, 3.8) is 0 Å². The number of nitrogens with one attached hydrogen (secondary N) is 1. The van der Waals surface area contributed by atoms with E-state index in [0.29, 0.717) is 30.2 Å². The highest BCUT2D eigenvalue weighted by atomic mass is 16.2. The van der Waals surface area contributed by atoms with Gasteiger partial charge in [-0.2, -0.15) is 0 Å². The lowest BCUT2D eigenvalue weighted by atomic mass is 9.97. The number of hydrogen-bond acceptors (Lipinski definition) is 4. The Bertz CT molecular complexity index is 792. The first-order chi connectivity index (χ1) is 12.5. The van der Waals surface area contributed by atoms with Crippen LogP contribution in [0.15, 0.2) is 36.5 Å². The third-order valence-corrected chi connectivity index (χ3v) is 4.77. The highest BCUT2D eigenvalue weighted by Crippen LogP contribution is 2.25. The molecule has 26 heavy (non-hydrogen) atoms. The molecule has 3 rings (SSSR count). The van der Waals surface area contributed by atoms with Gasteiger partial charge in [0, 0.05) is 38.7 Å². The Morgan fingerprint density at radius 1 is 1.27 bits per heavy atom. The topological polar surface area (TPSA) is 75.2 Å². The van der Waals surface area contributed by atoms with Crippen LogP contribution in [-0.2, 0) is 11.3 Å². The Morgan fingerprint density at radius 2 is 2.04 bits per heavy atom. The van der Waals surface area contributed by atoms with Gasteiger partial charge in [-0.1, -0.05) is 30.3 Å². The van der Waals surface area contributed by atoms with Crippen molar-refractivity contribution in [3.05, 3.63) is 59.2 Å². The van der Waals surface area contributed by atoms with Crippen LogP contribution in [0.3, 0.4) is 0 Å². The Hall–Kier alpha value is -2.76. The molecule has 0 bridgehead atoms. The minimum absolute atomic E-state index is 0.0864. The van der Waals surface area contributed by atoms with Crippen molar-refractivity contribution in [3.8, 4) is 0 Å². The number of aryl methyl sites for hydroxylation is 1. The van der Waals surface area contributed by atoms with E-state index in [4.69, 9.17) is 0 Å². The molecular weight excluding hydrogens is 328 g/mol. The van der Waals surface area contributed by atoms with Crippen molar-refractivity contribution in [2.75, 3.05) is 13.1 Å². The molecule has 0 radical (unpaired) electrons. The summed E-state index contributed by atoms with van der Waals surface area (Å²) < 4.78 is 0. The van der Waals surface area contributed by atoms with Crippen LogP contribution in [0, 0.1) is 6.92 Å². The minimum atomic E-state index is -0.174. The molecule has 1 saturated heterocycles. The third kappa shape index (κ3) is 4.25. The molecule has 1 atom stereocenters. The van der Waals surface area contributed by atoms with Gasteiger partial charge >= 0.3 is 0 Å². The van der Waals surface area contributed by atoms with Gasteiger partial charge in [0.25, 0.3) is 5.91 Å². The summed E-state index contributed by atoms with van der Waals surface area (Å²) in [6.45, 7) is 5.33. The number of amides is 2. The van der Waals surface area contributed by atoms with Gasteiger partial charge in [-0.15, -0.1) is 0 Å². The van der Waals surface area contributed by atoms with Crippen LogP contribution >= 0.6 is 0 Å². The largest absolute Gasteiger partial charge is 0.348 e. The molecule has 1 aromatic carbocycles. The molecule has 6 heteroatoms. The second-order valence-electron chi connectivity index (χ2n) is 6.70. The molecule has 0 saturated carbocycles. The van der Waals surface area contributed by atoms with Crippen LogP contribution in [0.5, 0.6) is 0 Å². The van der Waals surface area contributed by atoms with Gasteiger partial charge in [0.2, 0.25) is 5.91 Å². The van der Waals surface area contributed by atoms with Gasteiger partial charge < -0.3 is 10.2 Å². The monoisotopic (exact) mass is 352 g/mol. The summed E-state index contributed by atoms with van der Waals surface area (Å²) in [6.07, 6.45) is 3.51. The summed E-state index contributed by atoms with van der Waals surface area (Å²) in [4.78, 5) is 34.9. The van der Waals surface area contributed by atoms with E-state index in [2.05, 4.69) is 15.3 Å². The van der Waals surface area contributed by atoms with E-state index in [1.54, 1.807) is 13.1 Å². The summed E-state index contributed by atoms with van der Waals surface area (Å²) in [6, 6.07) is 9.77. The second kappa shape index (κ2) is 8.08. The van der Waals surface area contributed by atoms with Crippen LogP contribution in [0.2, 0.25) is 0 Å². The number of carbonyl (C=O) groups excluding carboxylic acids is 2. The highest BCUT2D eigenvalue weighted by molar-refractivity contribution is 5.94. The van der Waals surface area contributed by atoms with Crippen LogP contribution in [-0.4, -0.2) is 39.8 Å². The van der Waals surface area contributed by atoms with E-state index in [1.165, 1.54) is 0 Å². The lowest BCUT2D eigenvalue weighted by Crippen LogP contribution is -2.38. The minimum Gasteiger partial charge on any atom is -0.348 e. The molecule has 1 aliphatic rings. The van der Waals surface area contributed by atoms with Crippen molar-refractivity contribution < 1.29 is 9.59 Å². The number of piperidine rings is 1. The van der Waals surface area contributed by atoms with Crippen molar-refractivity contribution in [1.82, 2.24) is 20.2 Å². The second-order valence-corrected chi connectivity index (χ2v) is 6.70. The van der Waals surface area contributed by atoms with Gasteiger partial charge in [0.15, 0.2) is 0 Å². The van der Waals surface area contributed by atoms with Crippen molar-refractivity contribution in [1.29, 1.82) is 0 Å². The van der Waals surface area contributed by atoms with Crippen molar-refractivity contribution in [2.45, 2.75) is 39.2 Å². The van der Waals surface area contributed by atoms with E-state index < -0.39 is 0 Å². The number of carbonyl (C=O) groups is 2. The Labute approximate surface area is 153 Å². The molecule has 0 aliphatic carbocycles. The van der Waals surface area contributed by atoms with Crippen LogP contribution < -0.4 is 5.32 Å². The van der Waals surface area contributed by atoms with E-state index in [9.17, 15) is 9.59 Å². The van der Waals surface area contributed by atoms with Crippen LogP contribution in [0.1, 0.15) is 53.1 Å². The average Bonchev–Trinajstić information content (AvgIpc) is 2.67. The number of aromatic nitrogens is 2. The number of nitrogens with zero attached hydrogens (tertiary/aromatic N) is 3. The predicted octanol–water partition coefficient (Wildman–Crippen LogP) is 2.44. The summed E-state index contributed by atoms with van der Waals surface area (Å²) in [7, 11) is 0. The first-order valence-electron chi connectivity index (χ1n) is 8.95. The molecule has 1 aromatic heterocycles. The molecule has 1 aliphatic heterocycles. The lowest BCUT2D eigenvalue weighted by molar-refractivity contribution is -0.130. The fourth-order valence-corrected chi connectivity index (χ4v) is 3.25. The third-order valence-electron chi connectivity index (χ3n) is 4.77. The maximum Gasteiger partial charge on any atom is 0.254 e. The van der Waals surface area contributed by atoms with Gasteiger partial charge in [-0.25, -0.2) is 9.97 Å². The van der Waals surface area contributed by atoms with E-state index >= 15 is 0 Å². The molecule has 1 fully saturated rings. The molecule has 2 aromatic rings. The molecule has 2 amide bonds. The first-order valence-corrected chi connectivity index (χ1v) is 8.95. The quantitative estimate of drug-likeness (QED) is 0.917. The van der Waals surface area contributed by atoms with Crippen LogP contribution in [0.25, 0.3) is 0 Å². The maximum absolute atomic E-state index is 12.4. The van der Waals surface area contributed by atoms with Crippen molar-refractivity contribution >= 4 is 11.8 Å². The fraction of sp³-hybridized carbons (Fsp3) is 0.400. The zero-order valence-corrected chi connectivity index (χ0v) is 15.2. The Morgan fingerprint density at radius 3 is 2.73 bits per heavy atom. The van der Waals surface area contributed by atoms with Crippen LogP contribution in [0.4, 0.5) is 0 Å². The van der Waals surface area contributed by atoms with Gasteiger partial charge in [-0.05, 0) is 25.3 Å². The molecule has 0 unspecified atom stereocenters. The molecule has 1 N–H and O–H groups in total. The molecule has 6 nitrogen and oxygen atoms in total. The highest BCUT2D eigenvalue weighted by Gasteiger charge is 2.25. The van der Waals surface area contributed by atoms with Gasteiger partial charge in [0.1, 0.15) is 5.82 Å². The molecule has 0 spiro atoms. The zero-order valence-electron chi connectivity index (χ0n) is 15.2. The SMILES string of the molecule is CC(=O)N1CCC[C@@H](c2ncc(C(=O)NCc3ccccc3)c(C)n2)C1. The molecule has 136 valence electrons. The summed E-state index contributed by atoms with van der Waals surface area (Å²) in [5.74, 6) is 0.760. The molecular formula is C20H24N4O2. The first kappa shape index (κ1) is 18.0. The summed E-state index contributed by atoms with van der Waals surface area (Å²) in [5.41, 5.74) is 2.20. The Balaban J connectivity index is 1.67. The van der Waals surface area contributed by atoms with Gasteiger partial charge in [-0.3, -0.25) is 9.59 Å². The summed E-state index contributed by atoms with van der Waals surface area (Å²) >= 11 is 0. The average molecular weight is 352 g/mol. The number of benzene rings is 1. The van der Waals surface area contributed by atoms with E-state index in [1.807, 2.05) is 42.2 Å². The zero-order chi connectivity index (χ0) is 18.5. The van der Waals surface area contributed by atoms with Gasteiger partial charge in [0.05, 0.1) is 11.3 Å². The summed E-state index contributed by atoms with van der Waals surface area (Å²) in [5, 5.41) is 2.91. The number of hydrogen-bond donors (Lipinski definition) is 1. The predicted molar refractivity (Wildman–Crippen MR) is 98.6 cm³/mol. The molecule has 2 heterocycles. The number of likely N-dealkylation sites (tertiary alicyclic amines) is 1. The normalized spacial score (nSPS) is 17.0. The lowest BCUT2D eigenvalue weighted by Gasteiger charge is -2.31. The maximum atomic E-state index is 12.4. The fourth-order valence-electron chi connectivity index (χ4n) is 3.25. The van der Waals surface area contributed by atoms with E-state index in [0.717, 1.165) is 24.9 Å². The smallest absolute Gasteiger partial charge is 0.254 e.